The molecule has 2 aromatic rings. The number of aromatic nitrogens is 1. The van der Waals surface area contributed by atoms with E-state index >= 15 is 0 Å². The number of carbonyl (C=O) groups is 4. The molecule has 11 heteroatoms. The number of likely N-dealkylation sites (tertiary alicyclic amines) is 1. The molecule has 1 aliphatic rings. The van der Waals surface area contributed by atoms with Crippen LogP contribution in [0, 0.1) is 18.3 Å². The van der Waals surface area contributed by atoms with Crippen molar-refractivity contribution in [3.63, 3.8) is 0 Å². The van der Waals surface area contributed by atoms with Crippen molar-refractivity contribution in [1.82, 2.24) is 25.8 Å². The standard InChI is InChI=1S/C31H45N5O5S/c1-18(2)12-13-32-26(39)15-24(21-8-10-22(11-9-21)27-19(3)33-17-42-27)35-29(40)25-14-23(38)16-36(25)30(41)28(31(5,6)7)34-20(4)37/h8-11,17-18,23-25,28,38H,12-16H2,1-7H3,(H,32,39)(H,34,37)(H,35,40)/t23-,24+,25+,28-/m1/s1. The molecule has 1 aliphatic heterocycles. The second kappa shape index (κ2) is 14.2. The van der Waals surface area contributed by atoms with Crippen LogP contribution in [-0.4, -0.2) is 69.9 Å². The van der Waals surface area contributed by atoms with Gasteiger partial charge >= 0.3 is 0 Å². The van der Waals surface area contributed by atoms with E-state index in [4.69, 9.17) is 0 Å². The molecule has 0 aliphatic carbocycles. The average molecular weight is 600 g/mol. The number of aryl methyl sites for hydroxylation is 1. The van der Waals surface area contributed by atoms with Crippen LogP contribution in [0.5, 0.6) is 0 Å². The number of nitrogens with one attached hydrogen (secondary N) is 3. The van der Waals surface area contributed by atoms with Gasteiger partial charge in [-0.25, -0.2) is 4.98 Å². The normalized spacial score (nSPS) is 18.5. The molecule has 1 fully saturated rings. The van der Waals surface area contributed by atoms with Crippen molar-refractivity contribution < 1.29 is 24.3 Å². The van der Waals surface area contributed by atoms with Gasteiger partial charge in [-0.05, 0) is 35.8 Å². The van der Waals surface area contributed by atoms with Crippen LogP contribution in [0.2, 0.25) is 0 Å². The highest BCUT2D eigenvalue weighted by molar-refractivity contribution is 7.13. The lowest BCUT2D eigenvalue weighted by Gasteiger charge is -2.35. The number of carbonyl (C=O) groups excluding carboxylic acids is 4. The Bertz CT molecular complexity index is 1250. The number of rotatable bonds is 11. The minimum absolute atomic E-state index is 0.0164. The zero-order valence-corrected chi connectivity index (χ0v) is 26.5. The van der Waals surface area contributed by atoms with Gasteiger partial charge in [0.2, 0.25) is 23.6 Å². The highest BCUT2D eigenvalue weighted by Gasteiger charge is 2.44. The van der Waals surface area contributed by atoms with E-state index in [-0.39, 0.29) is 31.2 Å². The van der Waals surface area contributed by atoms with Crippen LogP contribution in [-0.2, 0) is 19.2 Å². The van der Waals surface area contributed by atoms with E-state index < -0.39 is 41.5 Å². The zero-order chi connectivity index (χ0) is 31.2. The highest BCUT2D eigenvalue weighted by Crippen LogP contribution is 2.30. The lowest BCUT2D eigenvalue weighted by Crippen LogP contribution is -2.57. The Morgan fingerprint density at radius 2 is 1.79 bits per heavy atom. The maximum Gasteiger partial charge on any atom is 0.246 e. The molecule has 4 N–H and O–H groups in total. The van der Waals surface area contributed by atoms with Crippen molar-refractivity contribution >= 4 is 35.0 Å². The second-order valence-electron chi connectivity index (χ2n) is 12.6. The van der Waals surface area contributed by atoms with Crippen LogP contribution in [0.3, 0.4) is 0 Å². The lowest BCUT2D eigenvalue weighted by atomic mass is 9.85. The van der Waals surface area contributed by atoms with Crippen LogP contribution in [0.25, 0.3) is 10.4 Å². The van der Waals surface area contributed by atoms with Crippen LogP contribution in [0.15, 0.2) is 29.8 Å². The fraction of sp³-hybridized carbons (Fsp3) is 0.581. The topological polar surface area (TPSA) is 141 Å². The third-order valence-corrected chi connectivity index (χ3v) is 8.37. The van der Waals surface area contributed by atoms with E-state index in [0.717, 1.165) is 28.1 Å². The molecular weight excluding hydrogens is 554 g/mol. The largest absolute Gasteiger partial charge is 0.391 e. The molecule has 0 bridgehead atoms. The number of nitrogens with zero attached hydrogens (tertiary/aromatic N) is 2. The number of thiazole rings is 1. The van der Waals surface area contributed by atoms with E-state index in [9.17, 15) is 24.3 Å². The molecule has 0 spiro atoms. The number of hydrogen-bond donors (Lipinski definition) is 4. The minimum atomic E-state index is -0.947. The third-order valence-electron chi connectivity index (χ3n) is 7.40. The van der Waals surface area contributed by atoms with Gasteiger partial charge in [0.15, 0.2) is 0 Å². The van der Waals surface area contributed by atoms with Gasteiger partial charge in [-0.15, -0.1) is 11.3 Å². The first-order chi connectivity index (χ1) is 19.7. The number of amides is 4. The third kappa shape index (κ3) is 8.84. The Balaban J connectivity index is 1.84. The van der Waals surface area contributed by atoms with Gasteiger partial charge in [0.25, 0.3) is 0 Å². The second-order valence-corrected chi connectivity index (χ2v) is 13.4. The SMILES string of the molecule is CC(=O)N[C@H](C(=O)N1C[C@H](O)C[C@H]1C(=O)N[C@@H](CC(=O)NCCC(C)C)c1ccc(-c2scnc2C)cc1)C(C)(C)C. The number of aliphatic hydroxyl groups excluding tert-OH is 1. The molecule has 10 nitrogen and oxygen atoms in total. The Labute approximate surface area is 252 Å². The molecule has 42 heavy (non-hydrogen) atoms. The summed E-state index contributed by atoms with van der Waals surface area (Å²) in [6, 6.07) is 5.19. The van der Waals surface area contributed by atoms with E-state index in [1.807, 2.05) is 52.0 Å². The summed E-state index contributed by atoms with van der Waals surface area (Å²) in [4.78, 5) is 58.9. The average Bonchev–Trinajstić information content (AvgIpc) is 3.51. The van der Waals surface area contributed by atoms with Gasteiger partial charge in [0, 0.05) is 26.4 Å². The van der Waals surface area contributed by atoms with Crippen molar-refractivity contribution in [1.29, 1.82) is 0 Å². The zero-order valence-electron chi connectivity index (χ0n) is 25.7. The number of aliphatic hydroxyl groups is 1. The van der Waals surface area contributed by atoms with Crippen molar-refractivity contribution in [2.24, 2.45) is 11.3 Å². The lowest BCUT2D eigenvalue weighted by molar-refractivity contribution is -0.144. The van der Waals surface area contributed by atoms with E-state index in [1.165, 1.54) is 11.8 Å². The Morgan fingerprint density at radius 3 is 2.33 bits per heavy atom. The molecular formula is C31H45N5O5S. The van der Waals surface area contributed by atoms with Crippen molar-refractivity contribution in [2.45, 2.75) is 92.0 Å². The summed E-state index contributed by atoms with van der Waals surface area (Å²) >= 11 is 1.54. The summed E-state index contributed by atoms with van der Waals surface area (Å²) in [6.07, 6.45) is 0.0298. The summed E-state index contributed by atoms with van der Waals surface area (Å²) in [5.74, 6) is -1.000. The maximum atomic E-state index is 13.7. The predicted octanol–water partition coefficient (Wildman–Crippen LogP) is 3.34. The van der Waals surface area contributed by atoms with Gasteiger partial charge in [0.05, 0.1) is 34.6 Å². The van der Waals surface area contributed by atoms with E-state index in [0.29, 0.717) is 12.5 Å². The van der Waals surface area contributed by atoms with Crippen LogP contribution >= 0.6 is 11.3 Å². The Morgan fingerprint density at radius 1 is 1.12 bits per heavy atom. The molecule has 4 amide bonds. The molecule has 3 rings (SSSR count). The quantitative estimate of drug-likeness (QED) is 0.312. The maximum absolute atomic E-state index is 13.7. The Kier molecular flexibility index (Phi) is 11.3. The minimum Gasteiger partial charge on any atom is -0.391 e. The molecule has 0 unspecified atom stereocenters. The van der Waals surface area contributed by atoms with Crippen molar-refractivity contribution in [2.75, 3.05) is 13.1 Å². The van der Waals surface area contributed by atoms with Crippen LogP contribution in [0.4, 0.5) is 0 Å². The first-order valence-corrected chi connectivity index (χ1v) is 15.4. The molecule has 1 aromatic heterocycles. The molecule has 0 radical (unpaired) electrons. The van der Waals surface area contributed by atoms with Crippen molar-refractivity contribution in [3.05, 3.63) is 41.0 Å². The molecule has 1 saturated heterocycles. The summed E-state index contributed by atoms with van der Waals surface area (Å²) in [5, 5.41) is 19.1. The van der Waals surface area contributed by atoms with Gasteiger partial charge < -0.3 is 26.0 Å². The molecule has 1 aromatic carbocycles. The van der Waals surface area contributed by atoms with Crippen molar-refractivity contribution in [3.8, 4) is 10.4 Å². The molecule has 4 atom stereocenters. The van der Waals surface area contributed by atoms with Crippen LogP contribution in [0.1, 0.15) is 78.1 Å². The first kappa shape index (κ1) is 33.2. The first-order valence-electron chi connectivity index (χ1n) is 14.5. The summed E-state index contributed by atoms with van der Waals surface area (Å²) in [5.41, 5.74) is 3.84. The molecule has 2 heterocycles. The summed E-state index contributed by atoms with van der Waals surface area (Å²) in [6.45, 7) is 13.5. The fourth-order valence-electron chi connectivity index (χ4n) is 5.05. The monoisotopic (exact) mass is 599 g/mol. The van der Waals surface area contributed by atoms with E-state index in [2.05, 4.69) is 34.8 Å². The van der Waals surface area contributed by atoms with Crippen LogP contribution < -0.4 is 16.0 Å². The van der Waals surface area contributed by atoms with Gasteiger partial charge in [-0.2, -0.15) is 0 Å². The highest BCUT2D eigenvalue weighted by atomic mass is 32.1. The van der Waals surface area contributed by atoms with Gasteiger partial charge in [-0.3, -0.25) is 19.2 Å². The molecule has 0 saturated carbocycles. The molecule has 230 valence electrons. The smallest absolute Gasteiger partial charge is 0.246 e. The number of benzene rings is 1. The van der Waals surface area contributed by atoms with E-state index in [1.54, 1.807) is 16.8 Å². The Hall–Kier alpha value is -3.31. The number of β-amino-alcohol motifs (C(OH)–C–C–N with tert-alkyl or cyclic N) is 1. The summed E-state index contributed by atoms with van der Waals surface area (Å²) in [7, 11) is 0. The predicted molar refractivity (Wildman–Crippen MR) is 163 cm³/mol. The fourth-order valence-corrected chi connectivity index (χ4v) is 5.86. The van der Waals surface area contributed by atoms with Gasteiger partial charge in [-0.1, -0.05) is 58.9 Å². The summed E-state index contributed by atoms with van der Waals surface area (Å²) < 4.78 is 0. The number of hydrogen-bond acceptors (Lipinski definition) is 7. The van der Waals surface area contributed by atoms with Gasteiger partial charge in [0.1, 0.15) is 12.1 Å².